The first-order chi connectivity index (χ1) is 10.2. The standard InChI is InChI=1S/C17H27NO3/c1-19-14-9-10-17(20-2)15(11-14)16(18)12-21-13-7-5-3-4-6-8-13/h9-11,13,16H,3-8,12,18H2,1-2H3. The van der Waals surface area contributed by atoms with Crippen molar-refractivity contribution in [1.29, 1.82) is 0 Å². The second-order valence-electron chi connectivity index (χ2n) is 5.66. The molecule has 0 heterocycles. The third kappa shape index (κ3) is 4.61. The van der Waals surface area contributed by atoms with Crippen molar-refractivity contribution >= 4 is 0 Å². The Morgan fingerprint density at radius 3 is 2.43 bits per heavy atom. The average molecular weight is 293 g/mol. The maximum atomic E-state index is 6.29. The van der Waals surface area contributed by atoms with Crippen molar-refractivity contribution < 1.29 is 14.2 Å². The van der Waals surface area contributed by atoms with Crippen LogP contribution in [0.15, 0.2) is 18.2 Å². The lowest BCUT2D eigenvalue weighted by atomic mass is 10.1. The van der Waals surface area contributed by atoms with Crippen molar-refractivity contribution in [1.82, 2.24) is 0 Å². The molecule has 118 valence electrons. The van der Waals surface area contributed by atoms with Gasteiger partial charge in [-0.2, -0.15) is 0 Å². The van der Waals surface area contributed by atoms with E-state index in [0.717, 1.165) is 29.9 Å². The Hall–Kier alpha value is -1.26. The van der Waals surface area contributed by atoms with Crippen LogP contribution in [-0.2, 0) is 4.74 Å². The van der Waals surface area contributed by atoms with Gasteiger partial charge in [-0.3, -0.25) is 0 Å². The van der Waals surface area contributed by atoms with Crippen LogP contribution < -0.4 is 15.2 Å². The number of ether oxygens (including phenoxy) is 3. The summed E-state index contributed by atoms with van der Waals surface area (Å²) in [4.78, 5) is 0. The first-order valence-corrected chi connectivity index (χ1v) is 7.83. The van der Waals surface area contributed by atoms with Gasteiger partial charge in [-0.25, -0.2) is 0 Å². The van der Waals surface area contributed by atoms with Gasteiger partial charge >= 0.3 is 0 Å². The van der Waals surface area contributed by atoms with Crippen LogP contribution in [0, 0.1) is 0 Å². The van der Waals surface area contributed by atoms with E-state index in [0.29, 0.717) is 12.7 Å². The fourth-order valence-corrected chi connectivity index (χ4v) is 2.87. The van der Waals surface area contributed by atoms with E-state index in [1.807, 2.05) is 18.2 Å². The van der Waals surface area contributed by atoms with E-state index in [9.17, 15) is 0 Å². The minimum absolute atomic E-state index is 0.196. The number of methoxy groups -OCH3 is 2. The summed E-state index contributed by atoms with van der Waals surface area (Å²) in [5.41, 5.74) is 7.23. The van der Waals surface area contributed by atoms with E-state index >= 15 is 0 Å². The van der Waals surface area contributed by atoms with Crippen molar-refractivity contribution in [3.63, 3.8) is 0 Å². The molecule has 0 radical (unpaired) electrons. The van der Waals surface area contributed by atoms with Crippen LogP contribution in [0.1, 0.15) is 50.1 Å². The van der Waals surface area contributed by atoms with Gasteiger partial charge in [0.05, 0.1) is 33.0 Å². The second kappa shape index (κ2) is 8.25. The number of benzene rings is 1. The smallest absolute Gasteiger partial charge is 0.123 e. The van der Waals surface area contributed by atoms with Crippen molar-refractivity contribution in [2.75, 3.05) is 20.8 Å². The first-order valence-electron chi connectivity index (χ1n) is 7.83. The van der Waals surface area contributed by atoms with Gasteiger partial charge in [-0.05, 0) is 31.0 Å². The molecule has 21 heavy (non-hydrogen) atoms. The summed E-state index contributed by atoms with van der Waals surface area (Å²) in [6.07, 6.45) is 7.86. The summed E-state index contributed by atoms with van der Waals surface area (Å²) < 4.78 is 16.7. The summed E-state index contributed by atoms with van der Waals surface area (Å²) in [7, 11) is 3.31. The fourth-order valence-electron chi connectivity index (χ4n) is 2.87. The average Bonchev–Trinajstić information content (AvgIpc) is 2.80. The van der Waals surface area contributed by atoms with Gasteiger partial charge in [-0.15, -0.1) is 0 Å². The normalized spacial score (nSPS) is 18.0. The van der Waals surface area contributed by atoms with E-state index in [1.165, 1.54) is 25.7 Å². The number of nitrogens with two attached hydrogens (primary N) is 1. The highest BCUT2D eigenvalue weighted by molar-refractivity contribution is 5.42. The minimum Gasteiger partial charge on any atom is -0.497 e. The molecule has 2 N–H and O–H groups in total. The van der Waals surface area contributed by atoms with E-state index in [1.54, 1.807) is 14.2 Å². The molecule has 0 amide bonds. The molecule has 4 nitrogen and oxygen atoms in total. The summed E-state index contributed by atoms with van der Waals surface area (Å²) in [6.45, 7) is 0.522. The molecule has 0 aliphatic heterocycles. The molecule has 0 saturated heterocycles. The highest BCUT2D eigenvalue weighted by Gasteiger charge is 2.17. The number of hydrogen-bond donors (Lipinski definition) is 1. The minimum atomic E-state index is -0.196. The quantitative estimate of drug-likeness (QED) is 0.816. The summed E-state index contributed by atoms with van der Waals surface area (Å²) in [5.74, 6) is 1.57. The van der Waals surface area contributed by atoms with Crippen molar-refractivity contribution in [2.45, 2.75) is 50.7 Å². The van der Waals surface area contributed by atoms with Crippen LogP contribution in [0.2, 0.25) is 0 Å². The predicted octanol–water partition coefficient (Wildman–Crippen LogP) is 3.44. The maximum Gasteiger partial charge on any atom is 0.123 e. The molecule has 4 heteroatoms. The Labute approximate surface area is 127 Å². The lowest BCUT2D eigenvalue weighted by Gasteiger charge is -2.21. The lowest BCUT2D eigenvalue weighted by Crippen LogP contribution is -2.22. The second-order valence-corrected chi connectivity index (χ2v) is 5.66. The SMILES string of the molecule is COc1ccc(OC)c(C(N)COC2CCCCCC2)c1. The molecule has 2 rings (SSSR count). The third-order valence-electron chi connectivity index (χ3n) is 4.15. The first kappa shape index (κ1) is 16.1. The van der Waals surface area contributed by atoms with Crippen LogP contribution in [0.5, 0.6) is 11.5 Å². The molecule has 0 bridgehead atoms. The van der Waals surface area contributed by atoms with Gasteiger partial charge in [0.2, 0.25) is 0 Å². The Morgan fingerprint density at radius 2 is 1.81 bits per heavy atom. The molecule has 0 aromatic heterocycles. The van der Waals surface area contributed by atoms with Gasteiger partial charge in [0.15, 0.2) is 0 Å². The van der Waals surface area contributed by atoms with Crippen LogP contribution in [-0.4, -0.2) is 26.9 Å². The molecule has 0 spiro atoms. The topological polar surface area (TPSA) is 53.7 Å². The van der Waals surface area contributed by atoms with Crippen LogP contribution in [0.3, 0.4) is 0 Å². The molecule has 1 aromatic carbocycles. The van der Waals surface area contributed by atoms with Gasteiger partial charge in [0, 0.05) is 5.56 Å². The fraction of sp³-hybridized carbons (Fsp3) is 0.647. The molecular weight excluding hydrogens is 266 g/mol. The Morgan fingerprint density at radius 1 is 1.10 bits per heavy atom. The molecule has 1 unspecified atom stereocenters. The molecular formula is C17H27NO3. The van der Waals surface area contributed by atoms with Gasteiger partial charge in [0.25, 0.3) is 0 Å². The molecule has 1 saturated carbocycles. The summed E-state index contributed by atoms with van der Waals surface area (Å²) in [5, 5.41) is 0. The largest absolute Gasteiger partial charge is 0.497 e. The van der Waals surface area contributed by atoms with Crippen molar-refractivity contribution in [3.05, 3.63) is 23.8 Å². The molecule has 1 aliphatic carbocycles. The maximum absolute atomic E-state index is 6.29. The van der Waals surface area contributed by atoms with E-state index in [2.05, 4.69) is 0 Å². The lowest BCUT2D eigenvalue weighted by molar-refractivity contribution is 0.0342. The zero-order chi connectivity index (χ0) is 15.1. The van der Waals surface area contributed by atoms with Crippen LogP contribution in [0.4, 0.5) is 0 Å². The third-order valence-corrected chi connectivity index (χ3v) is 4.15. The van der Waals surface area contributed by atoms with Gasteiger partial charge in [0.1, 0.15) is 11.5 Å². The molecule has 1 atom stereocenters. The zero-order valence-electron chi connectivity index (χ0n) is 13.1. The molecule has 1 fully saturated rings. The van der Waals surface area contributed by atoms with E-state index in [-0.39, 0.29) is 6.04 Å². The number of hydrogen-bond acceptors (Lipinski definition) is 4. The Balaban J connectivity index is 1.96. The molecule has 1 aromatic rings. The highest BCUT2D eigenvalue weighted by Crippen LogP contribution is 2.29. The predicted molar refractivity (Wildman–Crippen MR) is 83.9 cm³/mol. The summed E-state index contributed by atoms with van der Waals surface area (Å²) in [6, 6.07) is 5.50. The Kier molecular flexibility index (Phi) is 6.33. The van der Waals surface area contributed by atoms with Crippen LogP contribution >= 0.6 is 0 Å². The van der Waals surface area contributed by atoms with E-state index in [4.69, 9.17) is 19.9 Å². The zero-order valence-corrected chi connectivity index (χ0v) is 13.1. The monoisotopic (exact) mass is 293 g/mol. The summed E-state index contributed by atoms with van der Waals surface area (Å²) >= 11 is 0. The van der Waals surface area contributed by atoms with Gasteiger partial charge < -0.3 is 19.9 Å². The van der Waals surface area contributed by atoms with Crippen LogP contribution in [0.25, 0.3) is 0 Å². The Bertz CT molecular complexity index is 428. The molecule has 1 aliphatic rings. The highest BCUT2D eigenvalue weighted by atomic mass is 16.5. The van der Waals surface area contributed by atoms with E-state index < -0.39 is 0 Å². The van der Waals surface area contributed by atoms with Crippen molar-refractivity contribution in [2.24, 2.45) is 5.73 Å². The number of rotatable bonds is 6. The van der Waals surface area contributed by atoms with Gasteiger partial charge in [-0.1, -0.05) is 25.7 Å². The van der Waals surface area contributed by atoms with Crippen molar-refractivity contribution in [3.8, 4) is 11.5 Å².